The Hall–Kier alpha value is -1.01. The Morgan fingerprint density at radius 1 is 1.57 bits per heavy atom. The lowest BCUT2D eigenvalue weighted by Gasteiger charge is -2.25. The molecule has 3 heteroatoms. The normalized spacial score (nSPS) is 14.4. The number of carbonyl (C=O) groups is 1. The lowest BCUT2D eigenvalue weighted by Crippen LogP contribution is -2.49. The maximum absolute atomic E-state index is 11.0. The zero-order valence-electron chi connectivity index (χ0n) is 8.97. The number of carboxylic acids is 1. The van der Waals surface area contributed by atoms with E-state index in [1.54, 1.807) is 6.92 Å². The predicted octanol–water partition coefficient (Wildman–Crippen LogP) is 1.63. The molecule has 0 aliphatic heterocycles. The van der Waals surface area contributed by atoms with Crippen LogP contribution in [0.15, 0.2) is 0 Å². The number of terminal acetylenes is 1. The second-order valence-electron chi connectivity index (χ2n) is 3.65. The molecule has 80 valence electrons. The van der Waals surface area contributed by atoms with E-state index in [-0.39, 0.29) is 0 Å². The second kappa shape index (κ2) is 6.44. The van der Waals surface area contributed by atoms with Gasteiger partial charge in [-0.25, -0.2) is 0 Å². The lowest BCUT2D eigenvalue weighted by atomic mass is 9.94. The fourth-order valence-electron chi connectivity index (χ4n) is 1.25. The summed E-state index contributed by atoms with van der Waals surface area (Å²) in [6.45, 7) is 4.07. The van der Waals surface area contributed by atoms with Gasteiger partial charge < -0.3 is 5.11 Å². The number of rotatable bonds is 7. The van der Waals surface area contributed by atoms with Crippen molar-refractivity contribution in [1.82, 2.24) is 5.32 Å². The maximum Gasteiger partial charge on any atom is 0.323 e. The van der Waals surface area contributed by atoms with Crippen LogP contribution in [0.4, 0.5) is 0 Å². The Morgan fingerprint density at radius 2 is 2.21 bits per heavy atom. The molecule has 0 aromatic heterocycles. The number of hydrogen-bond acceptors (Lipinski definition) is 2. The summed E-state index contributed by atoms with van der Waals surface area (Å²) < 4.78 is 0. The van der Waals surface area contributed by atoms with Gasteiger partial charge in [-0.2, -0.15) is 0 Å². The third kappa shape index (κ3) is 4.29. The highest BCUT2D eigenvalue weighted by Crippen LogP contribution is 2.14. The Bertz CT molecular complexity index is 220. The first-order chi connectivity index (χ1) is 6.56. The molecule has 0 amide bonds. The first-order valence-electron chi connectivity index (χ1n) is 4.98. The van der Waals surface area contributed by atoms with Gasteiger partial charge in [-0.05, 0) is 13.3 Å². The molecule has 0 aliphatic carbocycles. The monoisotopic (exact) mass is 197 g/mol. The molecule has 1 atom stereocenters. The Morgan fingerprint density at radius 3 is 2.64 bits per heavy atom. The molecule has 1 unspecified atom stereocenters. The van der Waals surface area contributed by atoms with E-state index in [9.17, 15) is 4.79 Å². The van der Waals surface area contributed by atoms with Gasteiger partial charge in [-0.1, -0.05) is 32.1 Å². The molecule has 0 saturated carbocycles. The molecular formula is C11H19NO2. The van der Waals surface area contributed by atoms with Crippen molar-refractivity contribution < 1.29 is 9.90 Å². The zero-order valence-corrected chi connectivity index (χ0v) is 8.97. The Balaban J connectivity index is 4.11. The molecule has 3 nitrogen and oxygen atoms in total. The Kier molecular flexibility index (Phi) is 5.98. The summed E-state index contributed by atoms with van der Waals surface area (Å²) in [5.41, 5.74) is -0.873. The highest BCUT2D eigenvalue weighted by atomic mass is 16.4. The van der Waals surface area contributed by atoms with Gasteiger partial charge in [0, 0.05) is 0 Å². The average molecular weight is 197 g/mol. The molecule has 0 radical (unpaired) electrons. The summed E-state index contributed by atoms with van der Waals surface area (Å²) in [5.74, 6) is 1.56. The minimum atomic E-state index is -0.873. The Labute approximate surface area is 85.9 Å². The first-order valence-corrected chi connectivity index (χ1v) is 4.98. The van der Waals surface area contributed by atoms with E-state index in [1.165, 1.54) is 0 Å². The lowest BCUT2D eigenvalue weighted by molar-refractivity contribution is -0.144. The van der Waals surface area contributed by atoms with E-state index < -0.39 is 11.5 Å². The summed E-state index contributed by atoms with van der Waals surface area (Å²) in [5, 5.41) is 11.9. The van der Waals surface area contributed by atoms with Crippen molar-refractivity contribution in [3.05, 3.63) is 0 Å². The summed E-state index contributed by atoms with van der Waals surface area (Å²) in [7, 11) is 0. The molecule has 0 bridgehead atoms. The molecule has 0 heterocycles. The van der Waals surface area contributed by atoms with Crippen molar-refractivity contribution >= 4 is 5.97 Å². The minimum Gasteiger partial charge on any atom is -0.480 e. The summed E-state index contributed by atoms with van der Waals surface area (Å²) >= 11 is 0. The number of carboxylic acid groups (broad SMARTS) is 1. The van der Waals surface area contributed by atoms with Crippen LogP contribution >= 0.6 is 0 Å². The first kappa shape index (κ1) is 13.0. The highest BCUT2D eigenvalue weighted by molar-refractivity contribution is 5.78. The van der Waals surface area contributed by atoms with Crippen molar-refractivity contribution in [3.63, 3.8) is 0 Å². The van der Waals surface area contributed by atoms with Gasteiger partial charge in [0.1, 0.15) is 5.54 Å². The van der Waals surface area contributed by atoms with Gasteiger partial charge in [0.15, 0.2) is 0 Å². The molecule has 0 rings (SSSR count). The van der Waals surface area contributed by atoms with E-state index in [1.807, 2.05) is 0 Å². The van der Waals surface area contributed by atoms with Gasteiger partial charge in [0.05, 0.1) is 6.54 Å². The van der Waals surface area contributed by atoms with Crippen LogP contribution in [-0.4, -0.2) is 23.2 Å². The number of aliphatic carboxylic acids is 1. The van der Waals surface area contributed by atoms with Crippen molar-refractivity contribution in [2.75, 3.05) is 6.54 Å². The molecular weight excluding hydrogens is 178 g/mol. The fourth-order valence-corrected chi connectivity index (χ4v) is 1.25. The summed E-state index contributed by atoms with van der Waals surface area (Å²) in [6.07, 6.45) is 8.77. The van der Waals surface area contributed by atoms with E-state index in [4.69, 9.17) is 11.5 Å². The van der Waals surface area contributed by atoms with Crippen molar-refractivity contribution in [3.8, 4) is 12.3 Å². The molecule has 0 saturated heterocycles. The standard InChI is InChI=1S/C11H19NO2/c1-4-6-7-8-11(3,10(13)14)12-9-5-2/h2,12H,4,6-9H2,1,3H3,(H,13,14). The fraction of sp³-hybridized carbons (Fsp3) is 0.727. The number of hydrogen-bond donors (Lipinski definition) is 2. The van der Waals surface area contributed by atoms with E-state index in [0.29, 0.717) is 13.0 Å². The van der Waals surface area contributed by atoms with Crippen LogP contribution in [0.3, 0.4) is 0 Å². The highest BCUT2D eigenvalue weighted by Gasteiger charge is 2.31. The van der Waals surface area contributed by atoms with Crippen LogP contribution in [0.2, 0.25) is 0 Å². The van der Waals surface area contributed by atoms with Crippen LogP contribution in [0.25, 0.3) is 0 Å². The summed E-state index contributed by atoms with van der Waals surface area (Å²) in [6, 6.07) is 0. The topological polar surface area (TPSA) is 49.3 Å². The second-order valence-corrected chi connectivity index (χ2v) is 3.65. The van der Waals surface area contributed by atoms with Gasteiger partial charge in [-0.15, -0.1) is 6.42 Å². The van der Waals surface area contributed by atoms with Crippen LogP contribution in [0.1, 0.15) is 39.5 Å². The molecule has 0 aromatic rings. The van der Waals surface area contributed by atoms with Crippen molar-refractivity contribution in [2.24, 2.45) is 0 Å². The number of unbranched alkanes of at least 4 members (excludes halogenated alkanes) is 2. The largest absolute Gasteiger partial charge is 0.480 e. The molecule has 0 spiro atoms. The van der Waals surface area contributed by atoms with Crippen LogP contribution in [0.5, 0.6) is 0 Å². The SMILES string of the molecule is C#CCNC(C)(CCCCC)C(=O)O. The predicted molar refractivity (Wildman–Crippen MR) is 57.0 cm³/mol. The average Bonchev–Trinajstić information content (AvgIpc) is 2.15. The maximum atomic E-state index is 11.0. The number of nitrogens with one attached hydrogen (secondary N) is 1. The van der Waals surface area contributed by atoms with Crippen LogP contribution < -0.4 is 5.32 Å². The van der Waals surface area contributed by atoms with Gasteiger partial charge in [0.25, 0.3) is 0 Å². The van der Waals surface area contributed by atoms with E-state index in [0.717, 1.165) is 19.3 Å². The summed E-state index contributed by atoms with van der Waals surface area (Å²) in [4.78, 5) is 11.0. The minimum absolute atomic E-state index is 0.301. The smallest absolute Gasteiger partial charge is 0.323 e. The van der Waals surface area contributed by atoms with Crippen molar-refractivity contribution in [1.29, 1.82) is 0 Å². The zero-order chi connectivity index (χ0) is 11.0. The van der Waals surface area contributed by atoms with Crippen LogP contribution in [0, 0.1) is 12.3 Å². The molecule has 0 fully saturated rings. The van der Waals surface area contributed by atoms with Crippen molar-refractivity contribution in [2.45, 2.75) is 45.1 Å². The molecule has 14 heavy (non-hydrogen) atoms. The van der Waals surface area contributed by atoms with Crippen LogP contribution in [-0.2, 0) is 4.79 Å². The molecule has 0 aromatic carbocycles. The third-order valence-corrected chi connectivity index (χ3v) is 2.33. The van der Waals surface area contributed by atoms with E-state index >= 15 is 0 Å². The van der Waals surface area contributed by atoms with E-state index in [2.05, 4.69) is 18.2 Å². The molecule has 2 N–H and O–H groups in total. The van der Waals surface area contributed by atoms with Gasteiger partial charge in [-0.3, -0.25) is 10.1 Å². The molecule has 0 aliphatic rings. The third-order valence-electron chi connectivity index (χ3n) is 2.33. The van der Waals surface area contributed by atoms with Gasteiger partial charge >= 0.3 is 5.97 Å². The quantitative estimate of drug-likeness (QED) is 0.482. The van der Waals surface area contributed by atoms with Gasteiger partial charge in [0.2, 0.25) is 0 Å².